The van der Waals surface area contributed by atoms with Gasteiger partial charge in [0, 0.05) is 37.3 Å². The molecule has 1 aromatic heterocycles. The fourth-order valence-electron chi connectivity index (χ4n) is 3.92. The Morgan fingerprint density at radius 3 is 2.58 bits per heavy atom. The first-order valence-electron chi connectivity index (χ1n) is 10.6. The van der Waals surface area contributed by atoms with Crippen LogP contribution >= 0.6 is 11.6 Å². The van der Waals surface area contributed by atoms with Gasteiger partial charge in [-0.3, -0.25) is 19.4 Å². The summed E-state index contributed by atoms with van der Waals surface area (Å²) >= 11 is 6.40. The summed E-state index contributed by atoms with van der Waals surface area (Å²) in [6.45, 7) is 1.35. The SMILES string of the molecule is CC(=O)O.CN1C(=O)N(c2cc(NC(=O)C3CCCCC3)ccc2Cl)Cc2cnc(N)nc21. The molecule has 4 N–H and O–H groups in total. The number of benzene rings is 1. The fraction of sp³-hybridized carbons (Fsp3) is 0.409. The molecular weight excluding hydrogens is 448 g/mol. The summed E-state index contributed by atoms with van der Waals surface area (Å²) in [5, 5.41) is 10.8. The second kappa shape index (κ2) is 10.5. The van der Waals surface area contributed by atoms with Crippen molar-refractivity contribution in [2.75, 3.05) is 27.9 Å². The molecular formula is C22H27ClN6O4. The van der Waals surface area contributed by atoms with Gasteiger partial charge < -0.3 is 16.2 Å². The first-order valence-corrected chi connectivity index (χ1v) is 11.0. The van der Waals surface area contributed by atoms with Gasteiger partial charge in [-0.2, -0.15) is 4.98 Å². The number of aromatic nitrogens is 2. The summed E-state index contributed by atoms with van der Waals surface area (Å²) in [4.78, 5) is 45.7. The number of carboxylic acid groups (broad SMARTS) is 1. The Bertz CT molecular complexity index is 1050. The molecule has 0 unspecified atom stereocenters. The third-order valence-corrected chi connectivity index (χ3v) is 5.82. The fourth-order valence-corrected chi connectivity index (χ4v) is 4.14. The van der Waals surface area contributed by atoms with Crippen LogP contribution in [0.2, 0.25) is 5.02 Å². The lowest BCUT2D eigenvalue weighted by atomic mass is 9.88. The van der Waals surface area contributed by atoms with E-state index >= 15 is 0 Å². The topological polar surface area (TPSA) is 142 Å². The summed E-state index contributed by atoms with van der Waals surface area (Å²) in [6, 6.07) is 4.89. The Kier molecular flexibility index (Phi) is 7.70. The molecule has 2 aliphatic rings. The number of nitrogen functional groups attached to an aromatic ring is 1. The summed E-state index contributed by atoms with van der Waals surface area (Å²) in [5.74, 6) is -0.173. The molecule has 3 amide bonds. The smallest absolute Gasteiger partial charge is 0.330 e. The van der Waals surface area contributed by atoms with Crippen LogP contribution in [0.3, 0.4) is 0 Å². The van der Waals surface area contributed by atoms with Gasteiger partial charge in [0.15, 0.2) is 0 Å². The van der Waals surface area contributed by atoms with E-state index in [1.807, 2.05) is 0 Å². The molecule has 1 fully saturated rings. The number of nitrogens with two attached hydrogens (primary N) is 1. The number of nitrogens with one attached hydrogen (secondary N) is 1. The number of hydrogen-bond donors (Lipinski definition) is 3. The van der Waals surface area contributed by atoms with E-state index < -0.39 is 5.97 Å². The zero-order chi connectivity index (χ0) is 24.1. The Balaban J connectivity index is 0.000000709. The monoisotopic (exact) mass is 474 g/mol. The molecule has 1 aromatic carbocycles. The van der Waals surface area contributed by atoms with Crippen molar-refractivity contribution >= 4 is 52.6 Å². The lowest BCUT2D eigenvalue weighted by molar-refractivity contribution is -0.134. The van der Waals surface area contributed by atoms with Crippen LogP contribution < -0.4 is 20.9 Å². The van der Waals surface area contributed by atoms with Crippen molar-refractivity contribution in [1.82, 2.24) is 9.97 Å². The molecule has 11 heteroatoms. The van der Waals surface area contributed by atoms with Crippen molar-refractivity contribution in [3.63, 3.8) is 0 Å². The molecule has 1 aliphatic heterocycles. The van der Waals surface area contributed by atoms with Crippen LogP contribution in [0.25, 0.3) is 0 Å². The normalized spacial score (nSPS) is 15.9. The quantitative estimate of drug-likeness (QED) is 0.612. The third-order valence-electron chi connectivity index (χ3n) is 5.50. The van der Waals surface area contributed by atoms with Crippen LogP contribution in [0.1, 0.15) is 44.6 Å². The van der Waals surface area contributed by atoms with Crippen LogP contribution in [-0.2, 0) is 16.1 Å². The molecule has 0 saturated heterocycles. The average molecular weight is 475 g/mol. The lowest BCUT2D eigenvalue weighted by Gasteiger charge is -2.34. The molecule has 2 heterocycles. The van der Waals surface area contributed by atoms with E-state index in [0.29, 0.717) is 22.2 Å². The van der Waals surface area contributed by atoms with Gasteiger partial charge in [-0.1, -0.05) is 30.9 Å². The van der Waals surface area contributed by atoms with E-state index in [4.69, 9.17) is 27.2 Å². The van der Waals surface area contributed by atoms with Crippen molar-refractivity contribution in [2.24, 2.45) is 5.92 Å². The molecule has 1 saturated carbocycles. The van der Waals surface area contributed by atoms with Gasteiger partial charge in [-0.05, 0) is 31.0 Å². The van der Waals surface area contributed by atoms with E-state index in [0.717, 1.165) is 38.2 Å². The number of carboxylic acids is 1. The zero-order valence-corrected chi connectivity index (χ0v) is 19.3. The number of nitrogens with zero attached hydrogens (tertiary/aromatic N) is 4. The minimum Gasteiger partial charge on any atom is -0.481 e. The summed E-state index contributed by atoms with van der Waals surface area (Å²) in [6.07, 6.45) is 6.81. The van der Waals surface area contributed by atoms with Crippen LogP contribution in [0.15, 0.2) is 24.4 Å². The molecule has 176 valence electrons. The summed E-state index contributed by atoms with van der Waals surface area (Å²) < 4.78 is 0. The maximum Gasteiger partial charge on any atom is 0.330 e. The van der Waals surface area contributed by atoms with Gasteiger partial charge in [-0.25, -0.2) is 9.78 Å². The predicted octanol–water partition coefficient (Wildman–Crippen LogP) is 3.90. The third kappa shape index (κ3) is 5.89. The first-order chi connectivity index (χ1) is 15.7. The second-order valence-corrected chi connectivity index (χ2v) is 8.42. The lowest BCUT2D eigenvalue weighted by Crippen LogP contribution is -2.46. The molecule has 0 atom stereocenters. The summed E-state index contributed by atoms with van der Waals surface area (Å²) in [7, 11) is 1.63. The van der Waals surface area contributed by atoms with Gasteiger partial charge in [0.2, 0.25) is 11.9 Å². The van der Waals surface area contributed by atoms with Crippen molar-refractivity contribution in [3.05, 3.63) is 35.0 Å². The van der Waals surface area contributed by atoms with E-state index in [2.05, 4.69) is 15.3 Å². The van der Waals surface area contributed by atoms with Gasteiger partial charge in [0.05, 0.1) is 17.3 Å². The molecule has 0 radical (unpaired) electrons. The summed E-state index contributed by atoms with van der Waals surface area (Å²) in [5.41, 5.74) is 7.55. The van der Waals surface area contributed by atoms with Gasteiger partial charge in [0.25, 0.3) is 5.97 Å². The highest BCUT2D eigenvalue weighted by Crippen LogP contribution is 2.35. The number of urea groups is 1. The Morgan fingerprint density at radius 1 is 1.24 bits per heavy atom. The Labute approximate surface area is 196 Å². The van der Waals surface area contributed by atoms with Crippen molar-refractivity contribution < 1.29 is 19.5 Å². The number of halogens is 1. The molecule has 10 nitrogen and oxygen atoms in total. The minimum atomic E-state index is -0.833. The van der Waals surface area contributed by atoms with Gasteiger partial charge in [-0.15, -0.1) is 0 Å². The largest absolute Gasteiger partial charge is 0.481 e. The highest BCUT2D eigenvalue weighted by molar-refractivity contribution is 6.34. The standard InChI is InChI=1S/C20H23ClN6O2.C2H4O2/c1-26-17-13(10-23-19(22)25-17)11-27(20(26)29)16-9-14(7-8-15(16)21)24-18(28)12-5-3-2-4-6-12;1-2(3)4/h7-10,12H,2-6,11H2,1H3,(H,24,28)(H2,22,23,25);1H3,(H,3,4). The second-order valence-electron chi connectivity index (χ2n) is 8.01. The number of fused-ring (bicyclic) bond motifs is 1. The number of aliphatic carboxylic acids is 1. The van der Waals surface area contributed by atoms with E-state index in [1.54, 1.807) is 36.3 Å². The first kappa shape index (κ1) is 24.2. The maximum absolute atomic E-state index is 12.9. The van der Waals surface area contributed by atoms with Crippen molar-refractivity contribution in [1.29, 1.82) is 0 Å². The van der Waals surface area contributed by atoms with E-state index in [9.17, 15) is 9.59 Å². The van der Waals surface area contributed by atoms with Crippen LogP contribution in [0, 0.1) is 5.92 Å². The van der Waals surface area contributed by atoms with Crippen LogP contribution in [0.4, 0.5) is 27.9 Å². The molecule has 33 heavy (non-hydrogen) atoms. The molecule has 0 spiro atoms. The number of rotatable bonds is 3. The molecule has 0 bridgehead atoms. The van der Waals surface area contributed by atoms with E-state index in [-0.39, 0.29) is 30.3 Å². The van der Waals surface area contributed by atoms with Gasteiger partial charge >= 0.3 is 6.03 Å². The highest BCUT2D eigenvalue weighted by Gasteiger charge is 2.32. The van der Waals surface area contributed by atoms with Gasteiger partial charge in [0.1, 0.15) is 5.82 Å². The van der Waals surface area contributed by atoms with Crippen LogP contribution in [0.5, 0.6) is 0 Å². The Morgan fingerprint density at radius 2 is 1.91 bits per heavy atom. The molecule has 4 rings (SSSR count). The number of anilines is 4. The van der Waals surface area contributed by atoms with Crippen molar-refractivity contribution in [2.45, 2.75) is 45.6 Å². The average Bonchev–Trinajstić information content (AvgIpc) is 2.78. The van der Waals surface area contributed by atoms with Crippen molar-refractivity contribution in [3.8, 4) is 0 Å². The van der Waals surface area contributed by atoms with E-state index in [1.165, 1.54) is 11.3 Å². The predicted molar refractivity (Wildman–Crippen MR) is 126 cm³/mol. The molecule has 2 aromatic rings. The zero-order valence-electron chi connectivity index (χ0n) is 18.5. The molecule has 1 aliphatic carbocycles. The number of carbonyl (C=O) groups excluding carboxylic acids is 2. The maximum atomic E-state index is 12.9. The minimum absolute atomic E-state index is 0.0225. The van der Waals surface area contributed by atoms with Crippen LogP contribution in [-0.4, -0.2) is 40.0 Å². The number of carbonyl (C=O) groups is 3. The highest BCUT2D eigenvalue weighted by atomic mass is 35.5. The number of amides is 3. The number of hydrogen-bond acceptors (Lipinski definition) is 6. The Hall–Kier alpha value is -3.40.